The molecule has 0 aliphatic carbocycles. The highest BCUT2D eigenvalue weighted by Crippen LogP contribution is 2.23. The molecule has 94 valence electrons. The van der Waals surface area contributed by atoms with Gasteiger partial charge in [-0.3, -0.25) is 5.41 Å². The summed E-state index contributed by atoms with van der Waals surface area (Å²) in [5.74, 6) is 0. The van der Waals surface area contributed by atoms with E-state index in [1.165, 1.54) is 0 Å². The monoisotopic (exact) mass is 274 g/mol. The maximum Gasteiger partial charge on any atom is 0.283 e. The maximum atomic E-state index is 7.45. The predicted molar refractivity (Wildman–Crippen MR) is 72.1 cm³/mol. The van der Waals surface area contributed by atoms with Gasteiger partial charge in [0.2, 0.25) is 0 Å². The molecule has 17 heavy (non-hydrogen) atoms. The molecule has 0 saturated carbocycles. The van der Waals surface area contributed by atoms with Crippen LogP contribution in [0.1, 0.15) is 12.0 Å². The van der Waals surface area contributed by atoms with Crippen LogP contribution in [0.15, 0.2) is 18.2 Å². The molecule has 5 heteroatoms. The fourth-order valence-electron chi connectivity index (χ4n) is 1.27. The Bertz CT molecular complexity index is 394. The minimum atomic E-state index is 0.180. The molecule has 0 heterocycles. The van der Waals surface area contributed by atoms with Crippen LogP contribution in [0.2, 0.25) is 10.0 Å². The summed E-state index contributed by atoms with van der Waals surface area (Å²) in [7, 11) is 3.56. The quantitative estimate of drug-likeness (QED) is 0.519. The number of rotatable bonds is 4. The normalized spacial score (nSPS) is 10.1. The molecular weight excluding hydrogens is 259 g/mol. The molecular formula is C12H16Cl2N2O. The van der Waals surface area contributed by atoms with E-state index < -0.39 is 0 Å². The number of hydrogen-bond acceptors (Lipinski definition) is 2. The molecule has 0 spiro atoms. The maximum absolute atomic E-state index is 7.45. The lowest BCUT2D eigenvalue weighted by Crippen LogP contribution is -2.24. The van der Waals surface area contributed by atoms with Gasteiger partial charge >= 0.3 is 0 Å². The molecule has 1 N–H and O–H groups in total. The third-order valence-corrected chi connectivity index (χ3v) is 2.98. The summed E-state index contributed by atoms with van der Waals surface area (Å²) >= 11 is 11.7. The van der Waals surface area contributed by atoms with Gasteiger partial charge in [0.05, 0.1) is 16.7 Å². The van der Waals surface area contributed by atoms with Crippen molar-refractivity contribution in [1.82, 2.24) is 4.90 Å². The second kappa shape index (κ2) is 6.72. The molecule has 0 radical (unpaired) electrons. The first-order chi connectivity index (χ1) is 8.00. The van der Waals surface area contributed by atoms with Crippen molar-refractivity contribution in [1.29, 1.82) is 5.41 Å². The van der Waals surface area contributed by atoms with E-state index in [1.54, 1.807) is 25.1 Å². The van der Waals surface area contributed by atoms with Crippen LogP contribution in [-0.4, -0.2) is 31.6 Å². The summed E-state index contributed by atoms with van der Waals surface area (Å²) in [5.41, 5.74) is 1.12. The van der Waals surface area contributed by atoms with Crippen molar-refractivity contribution < 1.29 is 4.74 Å². The highest BCUT2D eigenvalue weighted by Gasteiger charge is 2.01. The standard InChI is InChI=1S/C12H16Cl2N2O/c1-16(2)12(15)17-7-3-4-9-5-6-10(13)11(14)8-9/h5-6,8,15H,3-4,7H2,1-2H3. The van der Waals surface area contributed by atoms with E-state index in [9.17, 15) is 0 Å². The number of aryl methyl sites for hydroxylation is 1. The fourth-order valence-corrected chi connectivity index (χ4v) is 1.59. The average molecular weight is 275 g/mol. The molecule has 0 atom stereocenters. The zero-order chi connectivity index (χ0) is 12.8. The first kappa shape index (κ1) is 14.1. The van der Waals surface area contributed by atoms with Crippen LogP contribution in [0.4, 0.5) is 0 Å². The first-order valence-corrected chi connectivity index (χ1v) is 6.09. The van der Waals surface area contributed by atoms with Gasteiger partial charge in [-0.2, -0.15) is 0 Å². The Morgan fingerprint density at radius 2 is 2.00 bits per heavy atom. The van der Waals surface area contributed by atoms with Crippen molar-refractivity contribution in [3.63, 3.8) is 0 Å². The number of amidine groups is 1. The molecule has 0 aromatic heterocycles. The highest BCUT2D eigenvalue weighted by molar-refractivity contribution is 6.42. The number of hydrogen-bond donors (Lipinski definition) is 1. The second-order valence-corrected chi connectivity index (χ2v) is 4.71. The zero-order valence-corrected chi connectivity index (χ0v) is 11.5. The van der Waals surface area contributed by atoms with Crippen LogP contribution in [0.25, 0.3) is 0 Å². The molecule has 3 nitrogen and oxygen atoms in total. The van der Waals surface area contributed by atoms with E-state index in [0.29, 0.717) is 16.7 Å². The Hall–Kier alpha value is -0.930. The van der Waals surface area contributed by atoms with E-state index in [2.05, 4.69) is 0 Å². The molecule has 1 aromatic rings. The summed E-state index contributed by atoms with van der Waals surface area (Å²) in [6.07, 6.45) is 1.70. The van der Waals surface area contributed by atoms with E-state index in [-0.39, 0.29) is 6.02 Å². The Balaban J connectivity index is 2.31. The van der Waals surface area contributed by atoms with Gasteiger partial charge in [0.15, 0.2) is 0 Å². The van der Waals surface area contributed by atoms with Gasteiger partial charge < -0.3 is 9.64 Å². The second-order valence-electron chi connectivity index (χ2n) is 3.90. The van der Waals surface area contributed by atoms with Gasteiger partial charge in [-0.15, -0.1) is 0 Å². The van der Waals surface area contributed by atoms with E-state index in [4.69, 9.17) is 33.3 Å². The van der Waals surface area contributed by atoms with Gasteiger partial charge in [-0.1, -0.05) is 29.3 Å². The molecule has 0 unspecified atom stereocenters. The number of halogens is 2. The Morgan fingerprint density at radius 3 is 2.59 bits per heavy atom. The van der Waals surface area contributed by atoms with Crippen LogP contribution in [0, 0.1) is 5.41 Å². The van der Waals surface area contributed by atoms with Gasteiger partial charge in [-0.05, 0) is 30.5 Å². The van der Waals surface area contributed by atoms with Crippen molar-refractivity contribution >= 4 is 29.2 Å². The van der Waals surface area contributed by atoms with Crippen molar-refractivity contribution in [2.45, 2.75) is 12.8 Å². The lowest BCUT2D eigenvalue weighted by atomic mass is 10.1. The minimum Gasteiger partial charge on any atom is -0.465 e. The smallest absolute Gasteiger partial charge is 0.283 e. The van der Waals surface area contributed by atoms with Gasteiger partial charge in [0.25, 0.3) is 6.02 Å². The van der Waals surface area contributed by atoms with Crippen LogP contribution in [0.5, 0.6) is 0 Å². The summed E-state index contributed by atoms with van der Waals surface area (Å²) in [6.45, 7) is 0.525. The first-order valence-electron chi connectivity index (χ1n) is 5.33. The third kappa shape index (κ3) is 4.84. The van der Waals surface area contributed by atoms with E-state index in [1.807, 2.05) is 12.1 Å². The minimum absolute atomic E-state index is 0.180. The largest absolute Gasteiger partial charge is 0.465 e. The molecule has 0 aliphatic rings. The van der Waals surface area contributed by atoms with Crippen LogP contribution >= 0.6 is 23.2 Å². The lowest BCUT2D eigenvalue weighted by molar-refractivity contribution is 0.250. The molecule has 0 saturated heterocycles. The number of ether oxygens (including phenoxy) is 1. The Labute approximate surface area is 112 Å². The fraction of sp³-hybridized carbons (Fsp3) is 0.417. The van der Waals surface area contributed by atoms with Crippen molar-refractivity contribution in [2.24, 2.45) is 0 Å². The van der Waals surface area contributed by atoms with Gasteiger partial charge in [0.1, 0.15) is 0 Å². The molecule has 0 amide bonds. The van der Waals surface area contributed by atoms with E-state index >= 15 is 0 Å². The summed E-state index contributed by atoms with van der Waals surface area (Å²) in [6, 6.07) is 5.79. The molecule has 0 aliphatic heterocycles. The topological polar surface area (TPSA) is 36.3 Å². The van der Waals surface area contributed by atoms with Crippen molar-refractivity contribution in [3.8, 4) is 0 Å². The zero-order valence-electron chi connectivity index (χ0n) is 9.96. The van der Waals surface area contributed by atoms with Crippen molar-refractivity contribution in [2.75, 3.05) is 20.7 Å². The highest BCUT2D eigenvalue weighted by atomic mass is 35.5. The Morgan fingerprint density at radius 1 is 1.29 bits per heavy atom. The molecule has 0 bridgehead atoms. The summed E-state index contributed by atoms with van der Waals surface area (Å²) in [4.78, 5) is 1.62. The average Bonchev–Trinajstić information content (AvgIpc) is 2.28. The third-order valence-electron chi connectivity index (χ3n) is 2.24. The van der Waals surface area contributed by atoms with Crippen molar-refractivity contribution in [3.05, 3.63) is 33.8 Å². The molecule has 1 rings (SSSR count). The van der Waals surface area contributed by atoms with Crippen LogP contribution in [-0.2, 0) is 11.2 Å². The lowest BCUT2D eigenvalue weighted by Gasteiger charge is -2.13. The van der Waals surface area contributed by atoms with E-state index in [0.717, 1.165) is 18.4 Å². The van der Waals surface area contributed by atoms with Crippen LogP contribution in [0.3, 0.4) is 0 Å². The summed E-state index contributed by atoms with van der Waals surface area (Å²) in [5, 5.41) is 8.60. The van der Waals surface area contributed by atoms with Crippen LogP contribution < -0.4 is 0 Å². The molecule has 1 aromatic carbocycles. The Kier molecular flexibility index (Phi) is 5.59. The van der Waals surface area contributed by atoms with Gasteiger partial charge in [-0.25, -0.2) is 0 Å². The van der Waals surface area contributed by atoms with Gasteiger partial charge in [0, 0.05) is 14.1 Å². The number of nitrogens with zero attached hydrogens (tertiary/aromatic N) is 1. The SMILES string of the molecule is CN(C)C(=N)OCCCc1ccc(Cl)c(Cl)c1. The molecule has 0 fully saturated rings. The number of nitrogens with one attached hydrogen (secondary N) is 1. The summed E-state index contributed by atoms with van der Waals surface area (Å²) < 4.78 is 5.23. The number of benzene rings is 1. The predicted octanol–water partition coefficient (Wildman–Crippen LogP) is 3.44.